The number of nitrogens with zero attached hydrogens (tertiary/aromatic N) is 1. The first kappa shape index (κ1) is 20.2. The summed E-state index contributed by atoms with van der Waals surface area (Å²) in [5.74, 6) is -0.884. The number of halogens is 1. The number of aliphatic hydroxyl groups excluding tert-OH is 1. The van der Waals surface area contributed by atoms with Crippen LogP contribution >= 0.6 is 0 Å². The number of aromatic amines is 1. The fourth-order valence-corrected chi connectivity index (χ4v) is 4.49. The number of benzene rings is 2. The van der Waals surface area contributed by atoms with Crippen molar-refractivity contribution in [3.8, 4) is 0 Å². The molecule has 0 saturated heterocycles. The molecule has 2 N–H and O–H groups in total. The van der Waals surface area contributed by atoms with Crippen molar-refractivity contribution in [1.82, 2.24) is 9.29 Å². The lowest BCUT2D eigenvalue weighted by Crippen LogP contribution is -2.35. The van der Waals surface area contributed by atoms with Gasteiger partial charge in [0.2, 0.25) is 10.0 Å². The van der Waals surface area contributed by atoms with Gasteiger partial charge in [0.05, 0.1) is 6.61 Å². The lowest BCUT2D eigenvalue weighted by Gasteiger charge is -2.21. The fraction of sp³-hybridized carbons (Fsp3) is 0.250. The van der Waals surface area contributed by atoms with Gasteiger partial charge in [0.15, 0.2) is 0 Å². The highest BCUT2D eigenvalue weighted by Gasteiger charge is 2.27. The van der Waals surface area contributed by atoms with E-state index < -0.39 is 32.9 Å². The van der Waals surface area contributed by atoms with E-state index >= 15 is 0 Å². The van der Waals surface area contributed by atoms with Crippen LogP contribution in [0.5, 0.6) is 0 Å². The van der Waals surface area contributed by atoms with E-state index in [1.54, 1.807) is 12.1 Å². The molecule has 0 aliphatic rings. The molecular formula is C20H21FN2O4S. The van der Waals surface area contributed by atoms with Gasteiger partial charge in [-0.3, -0.25) is 4.79 Å². The summed E-state index contributed by atoms with van der Waals surface area (Å²) in [4.78, 5) is 14.7. The van der Waals surface area contributed by atoms with E-state index in [1.165, 1.54) is 12.1 Å². The molecule has 0 spiro atoms. The van der Waals surface area contributed by atoms with E-state index in [1.807, 2.05) is 19.1 Å². The Morgan fingerprint density at radius 3 is 2.57 bits per heavy atom. The van der Waals surface area contributed by atoms with Gasteiger partial charge in [-0.15, -0.1) is 0 Å². The Morgan fingerprint density at radius 2 is 1.89 bits per heavy atom. The van der Waals surface area contributed by atoms with Crippen molar-refractivity contribution in [3.05, 3.63) is 75.8 Å². The fourth-order valence-electron chi connectivity index (χ4n) is 3.02. The van der Waals surface area contributed by atoms with Crippen molar-refractivity contribution < 1.29 is 17.9 Å². The van der Waals surface area contributed by atoms with Gasteiger partial charge >= 0.3 is 0 Å². The van der Waals surface area contributed by atoms with Crippen LogP contribution in [0, 0.1) is 5.82 Å². The van der Waals surface area contributed by atoms with Crippen LogP contribution in [-0.2, 0) is 23.0 Å². The molecule has 3 aromatic rings. The predicted molar refractivity (Wildman–Crippen MR) is 105 cm³/mol. The third kappa shape index (κ3) is 3.99. The number of rotatable bonds is 7. The van der Waals surface area contributed by atoms with Gasteiger partial charge in [0, 0.05) is 24.2 Å². The zero-order chi connectivity index (χ0) is 20.3. The van der Waals surface area contributed by atoms with E-state index in [4.69, 9.17) is 0 Å². The van der Waals surface area contributed by atoms with Crippen molar-refractivity contribution in [1.29, 1.82) is 0 Å². The highest BCUT2D eigenvalue weighted by atomic mass is 32.2. The minimum atomic E-state index is -4.23. The van der Waals surface area contributed by atoms with Crippen LogP contribution < -0.4 is 5.56 Å². The lowest BCUT2D eigenvalue weighted by molar-refractivity contribution is 0.250. The van der Waals surface area contributed by atoms with Gasteiger partial charge in [-0.25, -0.2) is 12.8 Å². The Balaban J connectivity index is 2.04. The molecule has 0 radical (unpaired) electrons. The molecule has 0 aliphatic heterocycles. The zero-order valence-electron chi connectivity index (χ0n) is 15.4. The number of sulfonamides is 1. The molecule has 2 aromatic carbocycles. The molecule has 3 rings (SSSR count). The van der Waals surface area contributed by atoms with Crippen molar-refractivity contribution in [2.45, 2.75) is 24.8 Å². The second kappa shape index (κ2) is 8.22. The first-order valence-electron chi connectivity index (χ1n) is 8.87. The Morgan fingerprint density at radius 1 is 1.14 bits per heavy atom. The average molecular weight is 404 g/mol. The first-order chi connectivity index (χ1) is 13.4. The summed E-state index contributed by atoms with van der Waals surface area (Å²) < 4.78 is 40.7. The minimum Gasteiger partial charge on any atom is -0.395 e. The molecule has 0 aliphatic carbocycles. The third-order valence-corrected chi connectivity index (χ3v) is 6.42. The molecule has 0 saturated carbocycles. The highest BCUT2D eigenvalue weighted by molar-refractivity contribution is 7.89. The molecule has 0 fully saturated rings. The Hall–Kier alpha value is -2.55. The standard InChI is InChI=1S/C20H21FN2O4S/c1-2-14-7-8-18-15(11-14)12-16(20(25)22-18)13-23(9-10-24)28(26,27)19-6-4-3-5-17(19)21/h3-8,11-12,24H,2,9-10,13H2,1H3,(H,22,25). The summed E-state index contributed by atoms with van der Waals surface area (Å²) in [6, 6.07) is 12.3. The largest absolute Gasteiger partial charge is 0.395 e. The van der Waals surface area contributed by atoms with Crippen molar-refractivity contribution in [3.63, 3.8) is 0 Å². The number of aromatic nitrogens is 1. The van der Waals surface area contributed by atoms with Crippen molar-refractivity contribution >= 4 is 20.9 Å². The Kier molecular flexibility index (Phi) is 5.93. The molecule has 1 heterocycles. The number of pyridine rings is 1. The maximum atomic E-state index is 14.1. The quantitative estimate of drug-likeness (QED) is 0.633. The van der Waals surface area contributed by atoms with Crippen LogP contribution in [-0.4, -0.2) is 36.0 Å². The van der Waals surface area contributed by atoms with E-state index in [2.05, 4.69) is 4.98 Å². The maximum absolute atomic E-state index is 14.1. The molecule has 28 heavy (non-hydrogen) atoms. The van der Waals surface area contributed by atoms with Crippen LogP contribution in [0.15, 0.2) is 58.2 Å². The van der Waals surface area contributed by atoms with Gasteiger partial charge in [-0.2, -0.15) is 4.31 Å². The average Bonchev–Trinajstić information content (AvgIpc) is 2.68. The molecule has 0 unspecified atom stereocenters. The summed E-state index contributed by atoms with van der Waals surface area (Å²) in [5, 5.41) is 10.1. The summed E-state index contributed by atoms with van der Waals surface area (Å²) >= 11 is 0. The number of nitrogens with one attached hydrogen (secondary N) is 1. The normalized spacial score (nSPS) is 12.0. The van der Waals surface area contributed by atoms with Gasteiger partial charge < -0.3 is 10.1 Å². The smallest absolute Gasteiger partial charge is 0.252 e. The molecule has 0 bridgehead atoms. The number of fused-ring (bicyclic) bond motifs is 1. The van der Waals surface area contributed by atoms with Gasteiger partial charge in [-0.05, 0) is 47.7 Å². The van der Waals surface area contributed by atoms with E-state index in [0.717, 1.165) is 33.8 Å². The summed E-state index contributed by atoms with van der Waals surface area (Å²) in [5.41, 5.74) is 1.52. The van der Waals surface area contributed by atoms with Crippen LogP contribution in [0.4, 0.5) is 4.39 Å². The molecule has 1 aromatic heterocycles. The van der Waals surface area contributed by atoms with Crippen LogP contribution in [0.25, 0.3) is 10.9 Å². The van der Waals surface area contributed by atoms with E-state index in [-0.39, 0.29) is 18.7 Å². The van der Waals surface area contributed by atoms with Crippen LogP contribution in [0.1, 0.15) is 18.1 Å². The zero-order valence-corrected chi connectivity index (χ0v) is 16.2. The minimum absolute atomic E-state index is 0.217. The summed E-state index contributed by atoms with van der Waals surface area (Å²) in [6.07, 6.45) is 0.822. The van der Waals surface area contributed by atoms with Gasteiger partial charge in [-0.1, -0.05) is 25.1 Å². The lowest BCUT2D eigenvalue weighted by atomic mass is 10.1. The SMILES string of the molecule is CCc1ccc2[nH]c(=O)c(CN(CCO)S(=O)(=O)c3ccccc3F)cc2c1. The number of H-pyrrole nitrogens is 1. The van der Waals surface area contributed by atoms with Gasteiger partial charge in [0.1, 0.15) is 10.7 Å². The molecule has 0 amide bonds. The molecule has 8 heteroatoms. The monoisotopic (exact) mass is 404 g/mol. The van der Waals surface area contributed by atoms with Crippen molar-refractivity contribution in [2.75, 3.05) is 13.2 Å². The predicted octanol–water partition coefficient (Wildman–Crippen LogP) is 2.41. The summed E-state index contributed by atoms with van der Waals surface area (Å²) in [7, 11) is -4.23. The number of aliphatic hydroxyl groups is 1. The Labute approximate surface area is 162 Å². The third-order valence-electron chi connectivity index (χ3n) is 4.54. The van der Waals surface area contributed by atoms with Gasteiger partial charge in [0.25, 0.3) is 5.56 Å². The topological polar surface area (TPSA) is 90.5 Å². The number of hydrogen-bond donors (Lipinski definition) is 2. The highest BCUT2D eigenvalue weighted by Crippen LogP contribution is 2.21. The molecular weight excluding hydrogens is 383 g/mol. The Bertz CT molecular complexity index is 1160. The summed E-state index contributed by atoms with van der Waals surface area (Å²) in [6.45, 7) is 1.01. The van der Waals surface area contributed by atoms with E-state index in [9.17, 15) is 22.7 Å². The molecule has 148 valence electrons. The molecule has 0 atom stereocenters. The number of aryl methyl sites for hydroxylation is 1. The van der Waals surface area contributed by atoms with E-state index in [0.29, 0.717) is 5.52 Å². The molecule has 6 nitrogen and oxygen atoms in total. The maximum Gasteiger partial charge on any atom is 0.252 e. The second-order valence-electron chi connectivity index (χ2n) is 6.39. The van der Waals surface area contributed by atoms with Crippen LogP contribution in [0.2, 0.25) is 0 Å². The second-order valence-corrected chi connectivity index (χ2v) is 8.30. The van der Waals surface area contributed by atoms with Crippen LogP contribution in [0.3, 0.4) is 0 Å². The first-order valence-corrected chi connectivity index (χ1v) is 10.3. The number of hydrogen-bond acceptors (Lipinski definition) is 4. The van der Waals surface area contributed by atoms with Crippen molar-refractivity contribution in [2.24, 2.45) is 0 Å².